The minimum absolute atomic E-state index is 0.0649. The molecular weight excluding hydrogens is 314 g/mol. The average Bonchev–Trinajstić information content (AvgIpc) is 2.87. The van der Waals surface area contributed by atoms with Crippen LogP contribution in [0.5, 0.6) is 0 Å². The summed E-state index contributed by atoms with van der Waals surface area (Å²) in [6.07, 6.45) is 2.43. The molecule has 0 radical (unpaired) electrons. The van der Waals surface area contributed by atoms with Crippen LogP contribution in [0.4, 0.5) is 5.69 Å². The molecule has 4 N–H and O–H groups in total. The number of rotatable bonds is 5. The van der Waals surface area contributed by atoms with Gasteiger partial charge < -0.3 is 10.7 Å². The second-order valence-corrected chi connectivity index (χ2v) is 8.16. The van der Waals surface area contributed by atoms with E-state index in [9.17, 15) is 16.8 Å². The number of anilines is 1. The zero-order valence-electron chi connectivity index (χ0n) is 11.2. The van der Waals surface area contributed by atoms with Gasteiger partial charge in [0.15, 0.2) is 9.84 Å². The largest absolute Gasteiger partial charge is 0.363 e. The lowest BCUT2D eigenvalue weighted by Crippen LogP contribution is -2.12. The Morgan fingerprint density at radius 2 is 1.71 bits per heavy atom. The van der Waals surface area contributed by atoms with Crippen molar-refractivity contribution in [2.24, 2.45) is 5.73 Å². The molecule has 0 fully saturated rings. The van der Waals surface area contributed by atoms with Gasteiger partial charge in [0.2, 0.25) is 0 Å². The zero-order valence-corrected chi connectivity index (χ0v) is 12.8. The van der Waals surface area contributed by atoms with Crippen LogP contribution in [0.1, 0.15) is 5.69 Å². The Hall–Kier alpha value is -1.84. The Balaban J connectivity index is 2.24. The summed E-state index contributed by atoms with van der Waals surface area (Å²) in [6, 6.07) is 6.91. The molecule has 0 aliphatic rings. The number of sulfone groups is 1. The van der Waals surface area contributed by atoms with Gasteiger partial charge in [0.25, 0.3) is 10.0 Å². The van der Waals surface area contributed by atoms with Gasteiger partial charge in [0, 0.05) is 30.4 Å². The molecule has 7 nitrogen and oxygen atoms in total. The maximum atomic E-state index is 12.1. The van der Waals surface area contributed by atoms with Crippen molar-refractivity contribution in [1.82, 2.24) is 4.98 Å². The molecule has 0 saturated heterocycles. The lowest BCUT2D eigenvalue weighted by molar-refractivity contribution is 0.600. The van der Waals surface area contributed by atoms with E-state index in [4.69, 9.17) is 5.73 Å². The summed E-state index contributed by atoms with van der Waals surface area (Å²) in [4.78, 5) is 2.94. The highest BCUT2D eigenvalue weighted by atomic mass is 32.2. The molecule has 0 atom stereocenters. The van der Waals surface area contributed by atoms with E-state index in [1.54, 1.807) is 0 Å². The van der Waals surface area contributed by atoms with Crippen LogP contribution < -0.4 is 10.5 Å². The second-order valence-electron chi connectivity index (χ2n) is 4.47. The number of nitrogens with two attached hydrogens (primary N) is 1. The van der Waals surface area contributed by atoms with Crippen molar-refractivity contribution in [2.75, 3.05) is 11.0 Å². The van der Waals surface area contributed by atoms with Crippen LogP contribution in [0, 0.1) is 0 Å². The van der Waals surface area contributed by atoms with Gasteiger partial charge in [-0.1, -0.05) is 0 Å². The van der Waals surface area contributed by atoms with Gasteiger partial charge in [-0.15, -0.1) is 0 Å². The minimum Gasteiger partial charge on any atom is -0.363 e. The number of aromatic nitrogens is 1. The highest BCUT2D eigenvalue weighted by Crippen LogP contribution is 2.18. The van der Waals surface area contributed by atoms with Gasteiger partial charge in [-0.2, -0.15) is 0 Å². The lowest BCUT2D eigenvalue weighted by atomic mass is 10.3. The summed E-state index contributed by atoms with van der Waals surface area (Å²) in [5.74, 6) is 0. The summed E-state index contributed by atoms with van der Waals surface area (Å²) in [7, 11) is -7.05. The normalized spacial score (nSPS) is 12.3. The summed E-state index contributed by atoms with van der Waals surface area (Å²) in [6.45, 7) is 0.207. The van der Waals surface area contributed by atoms with Crippen molar-refractivity contribution in [3.05, 3.63) is 42.2 Å². The molecule has 0 aliphatic carbocycles. The molecule has 2 aromatic rings. The fraction of sp³-hybridized carbons (Fsp3) is 0.167. The van der Waals surface area contributed by atoms with E-state index in [-0.39, 0.29) is 22.0 Å². The first-order valence-electron chi connectivity index (χ1n) is 5.93. The molecule has 114 valence electrons. The van der Waals surface area contributed by atoms with Crippen LogP contribution >= 0.6 is 0 Å². The zero-order chi connectivity index (χ0) is 15.7. The van der Waals surface area contributed by atoms with Gasteiger partial charge in [0.05, 0.1) is 4.90 Å². The monoisotopic (exact) mass is 329 g/mol. The van der Waals surface area contributed by atoms with Gasteiger partial charge in [-0.05, 0) is 30.3 Å². The molecule has 2 rings (SSSR count). The van der Waals surface area contributed by atoms with Crippen LogP contribution in [0.15, 0.2) is 46.3 Å². The third-order valence-corrected chi connectivity index (χ3v) is 5.27. The van der Waals surface area contributed by atoms with Crippen molar-refractivity contribution in [3.63, 3.8) is 0 Å². The summed E-state index contributed by atoms with van der Waals surface area (Å²) < 4.78 is 49.3. The van der Waals surface area contributed by atoms with Crippen molar-refractivity contribution in [2.45, 2.75) is 16.3 Å². The maximum absolute atomic E-state index is 12.1. The third-order valence-electron chi connectivity index (χ3n) is 2.78. The summed E-state index contributed by atoms with van der Waals surface area (Å²) in [5, 5.41) is 0. The van der Waals surface area contributed by atoms with E-state index in [0.717, 1.165) is 6.26 Å². The Labute approximate surface area is 123 Å². The number of H-pyrrole nitrogens is 1. The van der Waals surface area contributed by atoms with Gasteiger partial charge in [-0.3, -0.25) is 4.72 Å². The molecule has 0 saturated carbocycles. The quantitative estimate of drug-likeness (QED) is 0.744. The maximum Gasteiger partial charge on any atom is 0.263 e. The van der Waals surface area contributed by atoms with Crippen molar-refractivity contribution in [3.8, 4) is 0 Å². The Kier molecular flexibility index (Phi) is 4.08. The molecular formula is C12H15N3O4S2. The van der Waals surface area contributed by atoms with E-state index in [1.807, 2.05) is 0 Å². The lowest BCUT2D eigenvalue weighted by Gasteiger charge is -2.07. The molecule has 0 aliphatic heterocycles. The number of nitrogens with one attached hydrogen (secondary N) is 2. The van der Waals surface area contributed by atoms with Crippen LogP contribution in [-0.4, -0.2) is 28.1 Å². The van der Waals surface area contributed by atoms with E-state index in [1.165, 1.54) is 36.5 Å². The van der Waals surface area contributed by atoms with Crippen molar-refractivity contribution < 1.29 is 16.8 Å². The molecule has 9 heteroatoms. The molecule has 1 aromatic heterocycles. The van der Waals surface area contributed by atoms with E-state index >= 15 is 0 Å². The molecule has 1 heterocycles. The second kappa shape index (κ2) is 5.51. The predicted octanol–water partition coefficient (Wildman–Crippen LogP) is 0.678. The van der Waals surface area contributed by atoms with Crippen LogP contribution in [0.3, 0.4) is 0 Å². The Morgan fingerprint density at radius 3 is 2.19 bits per heavy atom. The number of aromatic amines is 1. The fourth-order valence-electron chi connectivity index (χ4n) is 1.68. The standard InChI is InChI=1S/C12H15N3O4S2/c1-20(16,17)11-4-2-9(3-5-11)15-21(18,19)12-6-10(7-13)14-8-12/h2-6,8,14-15H,7,13H2,1H3. The van der Waals surface area contributed by atoms with Crippen LogP contribution in [0.2, 0.25) is 0 Å². The number of hydrogen-bond donors (Lipinski definition) is 3. The minimum atomic E-state index is -3.74. The van der Waals surface area contributed by atoms with E-state index in [2.05, 4.69) is 9.71 Å². The summed E-state index contributed by atoms with van der Waals surface area (Å²) in [5.41, 5.74) is 6.29. The van der Waals surface area contributed by atoms with Crippen LogP contribution in [0.25, 0.3) is 0 Å². The highest BCUT2D eigenvalue weighted by Gasteiger charge is 2.16. The Morgan fingerprint density at radius 1 is 1.10 bits per heavy atom. The first-order valence-corrected chi connectivity index (χ1v) is 9.30. The third kappa shape index (κ3) is 3.63. The van der Waals surface area contributed by atoms with Crippen LogP contribution in [-0.2, 0) is 26.4 Å². The van der Waals surface area contributed by atoms with Gasteiger partial charge in [-0.25, -0.2) is 16.8 Å². The fourth-order valence-corrected chi connectivity index (χ4v) is 3.38. The van der Waals surface area contributed by atoms with Gasteiger partial charge in [0.1, 0.15) is 4.90 Å². The smallest absolute Gasteiger partial charge is 0.263 e. The molecule has 0 amide bonds. The number of hydrogen-bond acceptors (Lipinski definition) is 5. The number of benzene rings is 1. The molecule has 21 heavy (non-hydrogen) atoms. The molecule has 0 unspecified atom stereocenters. The van der Waals surface area contributed by atoms with E-state index in [0.29, 0.717) is 5.69 Å². The SMILES string of the molecule is CS(=O)(=O)c1ccc(NS(=O)(=O)c2c[nH]c(CN)c2)cc1. The topological polar surface area (TPSA) is 122 Å². The average molecular weight is 329 g/mol. The van der Waals surface area contributed by atoms with Gasteiger partial charge >= 0.3 is 0 Å². The summed E-state index contributed by atoms with van der Waals surface area (Å²) >= 11 is 0. The predicted molar refractivity (Wildman–Crippen MR) is 79.0 cm³/mol. The molecule has 1 aromatic carbocycles. The van der Waals surface area contributed by atoms with Crippen molar-refractivity contribution in [1.29, 1.82) is 0 Å². The van der Waals surface area contributed by atoms with Crippen molar-refractivity contribution >= 4 is 25.5 Å². The van der Waals surface area contributed by atoms with E-state index < -0.39 is 19.9 Å². The highest BCUT2D eigenvalue weighted by molar-refractivity contribution is 7.92. The first-order chi connectivity index (χ1) is 9.72. The molecule has 0 spiro atoms. The number of sulfonamides is 1. The Bertz CT molecular complexity index is 837. The molecule has 0 bridgehead atoms. The first kappa shape index (κ1) is 15.5.